The van der Waals surface area contributed by atoms with Crippen molar-refractivity contribution >= 4 is 45.1 Å². The van der Waals surface area contributed by atoms with E-state index in [2.05, 4.69) is 26.1 Å². The highest BCUT2D eigenvalue weighted by molar-refractivity contribution is 9.10. The Kier molecular flexibility index (Phi) is 5.38. The van der Waals surface area contributed by atoms with Gasteiger partial charge >= 0.3 is 0 Å². The van der Waals surface area contributed by atoms with E-state index in [9.17, 15) is 4.79 Å². The molecule has 7 heteroatoms. The Morgan fingerprint density at radius 1 is 1.17 bits per heavy atom. The van der Waals surface area contributed by atoms with Crippen molar-refractivity contribution in [1.82, 2.24) is 14.8 Å². The third kappa shape index (κ3) is 3.71. The smallest absolute Gasteiger partial charge is 0.191 e. The van der Waals surface area contributed by atoms with Gasteiger partial charge in [0.05, 0.1) is 5.75 Å². The lowest BCUT2D eigenvalue weighted by Crippen LogP contribution is -2.04. The molecule has 0 aliphatic rings. The molecule has 0 aliphatic carbocycles. The fourth-order valence-electron chi connectivity index (χ4n) is 2.19. The third-order valence-electron chi connectivity index (χ3n) is 3.44. The minimum Gasteiger partial charge on any atom is -0.305 e. The van der Waals surface area contributed by atoms with Crippen LogP contribution in [0.1, 0.15) is 10.4 Å². The Morgan fingerprint density at radius 3 is 2.58 bits per heavy atom. The van der Waals surface area contributed by atoms with Crippen LogP contribution >= 0.6 is 39.3 Å². The Hall–Kier alpha value is -1.63. The second-order valence-electron chi connectivity index (χ2n) is 5.06. The van der Waals surface area contributed by atoms with Gasteiger partial charge in [-0.2, -0.15) is 0 Å². The average molecular weight is 423 g/mol. The minimum atomic E-state index is 0.0449. The van der Waals surface area contributed by atoms with Gasteiger partial charge in [-0.1, -0.05) is 57.5 Å². The van der Waals surface area contributed by atoms with Crippen molar-refractivity contribution in [3.05, 3.63) is 63.6 Å². The fourth-order valence-corrected chi connectivity index (χ4v) is 3.61. The SMILES string of the molecule is Cn1c(SCC(=O)c2ccccc2Br)nnc1-c1ccc(Cl)cc1. The van der Waals surface area contributed by atoms with Crippen LogP contribution < -0.4 is 0 Å². The molecule has 1 heterocycles. The molecule has 0 spiro atoms. The molecule has 3 aromatic rings. The molecular formula is C17H13BrClN3OS. The summed E-state index contributed by atoms with van der Waals surface area (Å²) in [7, 11) is 1.88. The van der Waals surface area contributed by atoms with E-state index in [-0.39, 0.29) is 5.78 Å². The highest BCUT2D eigenvalue weighted by Gasteiger charge is 2.15. The van der Waals surface area contributed by atoms with E-state index in [4.69, 9.17) is 11.6 Å². The largest absolute Gasteiger partial charge is 0.305 e. The van der Waals surface area contributed by atoms with E-state index in [0.717, 1.165) is 15.9 Å². The van der Waals surface area contributed by atoms with Crippen molar-refractivity contribution in [3.8, 4) is 11.4 Å². The zero-order valence-corrected chi connectivity index (χ0v) is 15.9. The first-order chi connectivity index (χ1) is 11.6. The van der Waals surface area contributed by atoms with E-state index < -0.39 is 0 Å². The lowest BCUT2D eigenvalue weighted by Gasteiger charge is -2.05. The number of carbonyl (C=O) groups excluding carboxylic acids is 1. The fraction of sp³-hybridized carbons (Fsp3) is 0.118. The molecule has 0 atom stereocenters. The number of hydrogen-bond donors (Lipinski definition) is 0. The molecule has 2 aromatic carbocycles. The lowest BCUT2D eigenvalue weighted by atomic mass is 10.1. The number of nitrogens with zero attached hydrogens (tertiary/aromatic N) is 3. The number of ketones is 1. The van der Waals surface area contributed by atoms with Gasteiger partial charge in [-0.3, -0.25) is 4.79 Å². The molecular weight excluding hydrogens is 410 g/mol. The van der Waals surface area contributed by atoms with E-state index in [1.165, 1.54) is 11.8 Å². The quantitative estimate of drug-likeness (QED) is 0.434. The monoisotopic (exact) mass is 421 g/mol. The molecule has 0 N–H and O–H groups in total. The zero-order valence-electron chi connectivity index (χ0n) is 12.7. The van der Waals surface area contributed by atoms with Gasteiger partial charge in [-0.25, -0.2) is 0 Å². The van der Waals surface area contributed by atoms with Crippen LogP contribution in [-0.4, -0.2) is 26.3 Å². The summed E-state index contributed by atoms with van der Waals surface area (Å²) in [6, 6.07) is 14.8. The number of hydrogen-bond acceptors (Lipinski definition) is 4. The van der Waals surface area contributed by atoms with Gasteiger partial charge in [0.25, 0.3) is 0 Å². The molecule has 0 unspecified atom stereocenters. The van der Waals surface area contributed by atoms with Crippen molar-refractivity contribution in [2.45, 2.75) is 5.16 Å². The average Bonchev–Trinajstić information content (AvgIpc) is 2.95. The summed E-state index contributed by atoms with van der Waals surface area (Å²) in [5, 5.41) is 9.76. The summed E-state index contributed by atoms with van der Waals surface area (Å²) in [6.45, 7) is 0. The van der Waals surface area contributed by atoms with Crippen LogP contribution in [0.15, 0.2) is 58.2 Å². The normalized spacial score (nSPS) is 10.8. The summed E-state index contributed by atoms with van der Waals surface area (Å²) >= 11 is 10.7. The molecule has 0 amide bonds. The molecule has 0 radical (unpaired) electrons. The molecule has 1 aromatic heterocycles. The highest BCUT2D eigenvalue weighted by Crippen LogP contribution is 2.25. The van der Waals surface area contributed by atoms with E-state index in [1.807, 2.05) is 60.1 Å². The van der Waals surface area contributed by atoms with Crippen LogP contribution in [-0.2, 0) is 7.05 Å². The topological polar surface area (TPSA) is 47.8 Å². The summed E-state index contributed by atoms with van der Waals surface area (Å²) in [6.07, 6.45) is 0. The zero-order chi connectivity index (χ0) is 17.1. The third-order valence-corrected chi connectivity index (χ3v) is 5.41. The van der Waals surface area contributed by atoms with Crippen LogP contribution in [0.5, 0.6) is 0 Å². The van der Waals surface area contributed by atoms with E-state index >= 15 is 0 Å². The summed E-state index contributed by atoms with van der Waals surface area (Å²) in [4.78, 5) is 12.3. The summed E-state index contributed by atoms with van der Waals surface area (Å²) in [5.41, 5.74) is 1.60. The first-order valence-corrected chi connectivity index (χ1v) is 9.28. The molecule has 0 saturated heterocycles. The minimum absolute atomic E-state index is 0.0449. The number of Topliss-reactive ketones (excluding diaryl/α,β-unsaturated/α-hetero) is 1. The number of carbonyl (C=O) groups is 1. The van der Waals surface area contributed by atoms with Gasteiger partial charge in [0.2, 0.25) is 0 Å². The molecule has 0 fully saturated rings. The summed E-state index contributed by atoms with van der Waals surface area (Å²) < 4.78 is 2.68. The van der Waals surface area contributed by atoms with Gasteiger partial charge in [-0.05, 0) is 30.3 Å². The number of halogens is 2. The van der Waals surface area contributed by atoms with Crippen LogP contribution in [0.4, 0.5) is 0 Å². The molecule has 122 valence electrons. The van der Waals surface area contributed by atoms with Crippen molar-refractivity contribution < 1.29 is 4.79 Å². The van der Waals surface area contributed by atoms with Crippen molar-refractivity contribution in [1.29, 1.82) is 0 Å². The van der Waals surface area contributed by atoms with Gasteiger partial charge in [-0.15, -0.1) is 10.2 Å². The Bertz CT molecular complexity index is 880. The first kappa shape index (κ1) is 17.2. The van der Waals surface area contributed by atoms with Gasteiger partial charge in [0, 0.05) is 27.7 Å². The van der Waals surface area contributed by atoms with Gasteiger partial charge in [0.1, 0.15) is 0 Å². The van der Waals surface area contributed by atoms with Crippen molar-refractivity contribution in [2.24, 2.45) is 7.05 Å². The predicted octanol–water partition coefficient (Wildman–Crippen LogP) is 4.87. The molecule has 24 heavy (non-hydrogen) atoms. The lowest BCUT2D eigenvalue weighted by molar-refractivity contribution is 0.102. The van der Waals surface area contributed by atoms with Crippen LogP contribution in [0.25, 0.3) is 11.4 Å². The van der Waals surface area contributed by atoms with Crippen LogP contribution in [0.2, 0.25) is 5.02 Å². The molecule has 0 aliphatic heterocycles. The number of benzene rings is 2. The summed E-state index contributed by atoms with van der Waals surface area (Å²) in [5.74, 6) is 1.08. The van der Waals surface area contributed by atoms with Gasteiger partial charge in [0.15, 0.2) is 16.8 Å². The highest BCUT2D eigenvalue weighted by atomic mass is 79.9. The van der Waals surface area contributed by atoms with Crippen molar-refractivity contribution in [3.63, 3.8) is 0 Å². The molecule has 3 rings (SSSR count). The predicted molar refractivity (Wildman–Crippen MR) is 101 cm³/mol. The standard InChI is InChI=1S/C17H13BrClN3OS/c1-22-16(11-6-8-12(19)9-7-11)20-21-17(22)24-10-15(23)13-4-2-3-5-14(13)18/h2-9H,10H2,1H3. The van der Waals surface area contributed by atoms with E-state index in [0.29, 0.717) is 21.5 Å². The Balaban J connectivity index is 1.74. The maximum Gasteiger partial charge on any atom is 0.191 e. The Morgan fingerprint density at radius 2 is 1.88 bits per heavy atom. The van der Waals surface area contributed by atoms with Crippen LogP contribution in [0.3, 0.4) is 0 Å². The van der Waals surface area contributed by atoms with E-state index in [1.54, 1.807) is 0 Å². The number of aromatic nitrogens is 3. The second kappa shape index (κ2) is 7.51. The first-order valence-electron chi connectivity index (χ1n) is 7.12. The second-order valence-corrected chi connectivity index (χ2v) is 7.30. The number of thioether (sulfide) groups is 1. The molecule has 0 bridgehead atoms. The maximum absolute atomic E-state index is 12.3. The maximum atomic E-state index is 12.3. The van der Waals surface area contributed by atoms with Crippen molar-refractivity contribution in [2.75, 3.05) is 5.75 Å². The molecule has 4 nitrogen and oxygen atoms in total. The van der Waals surface area contributed by atoms with Crippen LogP contribution in [0, 0.1) is 0 Å². The van der Waals surface area contributed by atoms with Gasteiger partial charge < -0.3 is 4.57 Å². The number of rotatable bonds is 5. The Labute approximate surface area is 157 Å². The molecule has 0 saturated carbocycles.